The van der Waals surface area contributed by atoms with Gasteiger partial charge in [0.25, 0.3) is 0 Å². The number of nitrogens with zero attached hydrogens (tertiary/aromatic N) is 1. The van der Waals surface area contributed by atoms with Gasteiger partial charge in [-0.1, -0.05) is 40.5 Å². The molecule has 0 saturated carbocycles. The van der Waals surface area contributed by atoms with Gasteiger partial charge < -0.3 is 16.0 Å². The lowest BCUT2D eigenvalue weighted by molar-refractivity contribution is -0.124. The van der Waals surface area contributed by atoms with E-state index in [0.29, 0.717) is 0 Å². The van der Waals surface area contributed by atoms with Gasteiger partial charge in [0.05, 0.1) is 5.54 Å². The molecule has 4 heteroatoms. The van der Waals surface area contributed by atoms with E-state index in [1.807, 2.05) is 13.8 Å². The van der Waals surface area contributed by atoms with Gasteiger partial charge in [0, 0.05) is 6.54 Å². The fourth-order valence-corrected chi connectivity index (χ4v) is 2.79. The van der Waals surface area contributed by atoms with E-state index in [1.54, 1.807) is 0 Å². The third kappa shape index (κ3) is 7.82. The standard InChI is InChI=1S/C17H37N3O/c1-6-15(7-2)14-20(9-4)13-11-10-12-17(5,16(18)21)19-8-3/h15,19H,6-14H2,1-5H3,(H2,18,21). The minimum absolute atomic E-state index is 0.242. The first-order valence-corrected chi connectivity index (χ1v) is 8.70. The average Bonchev–Trinajstić information content (AvgIpc) is 2.46. The second-order valence-corrected chi connectivity index (χ2v) is 6.26. The first-order chi connectivity index (χ1) is 9.93. The predicted octanol–water partition coefficient (Wildman–Crippen LogP) is 2.77. The maximum absolute atomic E-state index is 11.6. The van der Waals surface area contributed by atoms with Crippen LogP contribution in [0, 0.1) is 5.92 Å². The number of primary amides is 1. The molecule has 0 aliphatic heterocycles. The van der Waals surface area contributed by atoms with Crippen LogP contribution in [0.15, 0.2) is 0 Å². The SMILES string of the molecule is CCNC(C)(CCCCN(CC)CC(CC)CC)C(N)=O. The molecule has 126 valence electrons. The second kappa shape index (κ2) is 11.0. The Bertz CT molecular complexity index is 279. The van der Waals surface area contributed by atoms with Gasteiger partial charge in [-0.25, -0.2) is 0 Å². The quantitative estimate of drug-likeness (QED) is 0.514. The summed E-state index contributed by atoms with van der Waals surface area (Å²) in [5, 5.41) is 3.22. The van der Waals surface area contributed by atoms with E-state index in [0.717, 1.165) is 44.8 Å². The normalized spacial score (nSPS) is 14.6. The molecule has 0 aromatic carbocycles. The van der Waals surface area contributed by atoms with Crippen LogP contribution in [0.3, 0.4) is 0 Å². The molecule has 0 rings (SSSR count). The molecule has 0 saturated heterocycles. The zero-order valence-electron chi connectivity index (χ0n) is 14.9. The summed E-state index contributed by atoms with van der Waals surface area (Å²) in [7, 11) is 0. The van der Waals surface area contributed by atoms with E-state index in [9.17, 15) is 4.79 Å². The molecule has 0 aliphatic carbocycles. The fraction of sp³-hybridized carbons (Fsp3) is 0.941. The molecule has 0 aromatic heterocycles. The summed E-state index contributed by atoms with van der Waals surface area (Å²) in [6.07, 6.45) is 5.49. The highest BCUT2D eigenvalue weighted by Gasteiger charge is 2.28. The van der Waals surface area contributed by atoms with Crippen LogP contribution in [-0.4, -0.2) is 42.5 Å². The average molecular weight is 300 g/mol. The lowest BCUT2D eigenvalue weighted by Crippen LogP contribution is -2.53. The zero-order valence-corrected chi connectivity index (χ0v) is 14.9. The van der Waals surface area contributed by atoms with Crippen LogP contribution in [-0.2, 0) is 4.79 Å². The molecule has 4 nitrogen and oxygen atoms in total. The van der Waals surface area contributed by atoms with E-state index >= 15 is 0 Å². The van der Waals surface area contributed by atoms with Crippen LogP contribution in [0.2, 0.25) is 0 Å². The van der Waals surface area contributed by atoms with Crippen molar-refractivity contribution in [3.05, 3.63) is 0 Å². The number of hydrogen-bond acceptors (Lipinski definition) is 3. The highest BCUT2D eigenvalue weighted by Crippen LogP contribution is 2.15. The summed E-state index contributed by atoms with van der Waals surface area (Å²) in [4.78, 5) is 14.1. The molecule has 0 heterocycles. The first kappa shape index (κ1) is 20.4. The molecule has 0 fully saturated rings. The molecular weight excluding hydrogens is 262 g/mol. The molecule has 1 atom stereocenters. The second-order valence-electron chi connectivity index (χ2n) is 6.26. The minimum atomic E-state index is -0.554. The molecular formula is C17H37N3O. The number of carbonyl (C=O) groups excluding carboxylic acids is 1. The van der Waals surface area contributed by atoms with Gasteiger partial charge in [-0.15, -0.1) is 0 Å². The number of rotatable bonds is 13. The number of unbranched alkanes of at least 4 members (excludes halogenated alkanes) is 1. The van der Waals surface area contributed by atoms with Crippen LogP contribution in [0.4, 0.5) is 0 Å². The van der Waals surface area contributed by atoms with Crippen LogP contribution in [0.25, 0.3) is 0 Å². The van der Waals surface area contributed by atoms with Gasteiger partial charge in [-0.3, -0.25) is 4.79 Å². The van der Waals surface area contributed by atoms with Crippen molar-refractivity contribution in [3.63, 3.8) is 0 Å². The third-order valence-corrected chi connectivity index (χ3v) is 4.63. The van der Waals surface area contributed by atoms with Gasteiger partial charge in [-0.2, -0.15) is 0 Å². The lowest BCUT2D eigenvalue weighted by Gasteiger charge is -2.28. The van der Waals surface area contributed by atoms with Crippen LogP contribution in [0.1, 0.15) is 66.7 Å². The van der Waals surface area contributed by atoms with E-state index in [1.165, 1.54) is 19.4 Å². The van der Waals surface area contributed by atoms with Crippen molar-refractivity contribution < 1.29 is 4.79 Å². The topological polar surface area (TPSA) is 58.4 Å². The van der Waals surface area contributed by atoms with Crippen LogP contribution < -0.4 is 11.1 Å². The highest BCUT2D eigenvalue weighted by atomic mass is 16.1. The number of hydrogen-bond donors (Lipinski definition) is 2. The van der Waals surface area contributed by atoms with Crippen molar-refractivity contribution in [1.82, 2.24) is 10.2 Å². The molecule has 0 bridgehead atoms. The summed E-state index contributed by atoms with van der Waals surface area (Å²) in [6, 6.07) is 0. The van der Waals surface area contributed by atoms with Crippen molar-refractivity contribution in [2.75, 3.05) is 26.2 Å². The Morgan fingerprint density at radius 2 is 1.81 bits per heavy atom. The van der Waals surface area contributed by atoms with Crippen LogP contribution in [0.5, 0.6) is 0 Å². The van der Waals surface area contributed by atoms with Crippen molar-refractivity contribution in [2.24, 2.45) is 11.7 Å². The summed E-state index contributed by atoms with van der Waals surface area (Å²) in [5.41, 5.74) is 4.96. The summed E-state index contributed by atoms with van der Waals surface area (Å²) < 4.78 is 0. The number of nitrogens with one attached hydrogen (secondary N) is 1. The minimum Gasteiger partial charge on any atom is -0.368 e. The van der Waals surface area contributed by atoms with Crippen molar-refractivity contribution in [2.45, 2.75) is 72.3 Å². The predicted molar refractivity (Wildman–Crippen MR) is 91.3 cm³/mol. The van der Waals surface area contributed by atoms with Crippen molar-refractivity contribution in [3.8, 4) is 0 Å². The molecule has 3 N–H and O–H groups in total. The molecule has 0 spiro atoms. The fourth-order valence-electron chi connectivity index (χ4n) is 2.79. The molecule has 1 unspecified atom stereocenters. The Hall–Kier alpha value is -0.610. The molecule has 0 radical (unpaired) electrons. The van der Waals surface area contributed by atoms with E-state index in [-0.39, 0.29) is 5.91 Å². The molecule has 0 aromatic rings. The van der Waals surface area contributed by atoms with Crippen molar-refractivity contribution >= 4 is 5.91 Å². The lowest BCUT2D eigenvalue weighted by atomic mass is 9.93. The van der Waals surface area contributed by atoms with Gasteiger partial charge in [-0.05, 0) is 51.7 Å². The summed E-state index contributed by atoms with van der Waals surface area (Å²) >= 11 is 0. The number of carbonyl (C=O) groups is 1. The van der Waals surface area contributed by atoms with Crippen molar-refractivity contribution in [1.29, 1.82) is 0 Å². The van der Waals surface area contributed by atoms with Gasteiger partial charge >= 0.3 is 0 Å². The zero-order chi connectivity index (χ0) is 16.3. The summed E-state index contributed by atoms with van der Waals surface area (Å²) in [5.74, 6) is 0.566. The Labute approximate surface area is 131 Å². The van der Waals surface area contributed by atoms with Gasteiger partial charge in [0.15, 0.2) is 0 Å². The monoisotopic (exact) mass is 299 g/mol. The molecule has 21 heavy (non-hydrogen) atoms. The Kier molecular flexibility index (Phi) is 10.7. The van der Waals surface area contributed by atoms with E-state index in [4.69, 9.17) is 5.73 Å². The van der Waals surface area contributed by atoms with Gasteiger partial charge in [0.1, 0.15) is 0 Å². The van der Waals surface area contributed by atoms with Gasteiger partial charge in [0.2, 0.25) is 5.91 Å². The van der Waals surface area contributed by atoms with E-state index in [2.05, 4.69) is 31.0 Å². The van der Waals surface area contributed by atoms with E-state index < -0.39 is 5.54 Å². The number of likely N-dealkylation sites (N-methyl/N-ethyl adjacent to an activating group) is 1. The highest BCUT2D eigenvalue weighted by molar-refractivity contribution is 5.84. The Balaban J connectivity index is 4.12. The molecule has 0 aliphatic rings. The Morgan fingerprint density at radius 3 is 2.24 bits per heavy atom. The largest absolute Gasteiger partial charge is 0.368 e. The third-order valence-electron chi connectivity index (χ3n) is 4.63. The Morgan fingerprint density at radius 1 is 1.19 bits per heavy atom. The first-order valence-electron chi connectivity index (χ1n) is 8.70. The smallest absolute Gasteiger partial charge is 0.237 e. The number of nitrogens with two attached hydrogens (primary N) is 1. The maximum Gasteiger partial charge on any atom is 0.237 e. The van der Waals surface area contributed by atoms with Crippen LogP contribution >= 0.6 is 0 Å². The number of amides is 1. The molecule has 1 amide bonds. The maximum atomic E-state index is 11.6. The summed E-state index contributed by atoms with van der Waals surface area (Å²) in [6.45, 7) is 14.9.